The van der Waals surface area contributed by atoms with Crippen molar-refractivity contribution >= 4 is 55.8 Å². The molecule has 0 fully saturated rings. The third-order valence-corrected chi connectivity index (χ3v) is 6.30. The van der Waals surface area contributed by atoms with Crippen LogP contribution in [-0.4, -0.2) is 15.0 Å². The van der Waals surface area contributed by atoms with E-state index >= 15 is 0 Å². The van der Waals surface area contributed by atoms with E-state index in [4.69, 9.17) is 0 Å². The molecule has 1 unspecified atom stereocenters. The Morgan fingerprint density at radius 1 is 1.05 bits per heavy atom. The van der Waals surface area contributed by atoms with Crippen molar-refractivity contribution in [1.29, 1.82) is 0 Å². The lowest BCUT2D eigenvalue weighted by molar-refractivity contribution is 0.916. The molecule has 4 nitrogen and oxygen atoms in total. The number of hydrogen-bond acceptors (Lipinski definition) is 8. The Labute approximate surface area is 131 Å². The quantitative estimate of drug-likeness (QED) is 0.713. The largest absolute Gasteiger partial charge is 0.305 e. The summed E-state index contributed by atoms with van der Waals surface area (Å²) in [5, 5.41) is 8.27. The van der Waals surface area contributed by atoms with Crippen LogP contribution in [-0.2, 0) is 0 Å². The molecule has 20 heavy (non-hydrogen) atoms. The van der Waals surface area contributed by atoms with E-state index in [-0.39, 0.29) is 5.37 Å². The summed E-state index contributed by atoms with van der Waals surface area (Å²) in [5.41, 5.74) is 2.94. The van der Waals surface area contributed by atoms with Crippen molar-refractivity contribution in [3.05, 3.63) is 50.9 Å². The van der Waals surface area contributed by atoms with Gasteiger partial charge in [0, 0.05) is 34.7 Å². The summed E-state index contributed by atoms with van der Waals surface area (Å²) >= 11 is 6.69. The fraction of sp³-hybridized carbons (Fsp3) is 0.0833. The van der Waals surface area contributed by atoms with Crippen LogP contribution < -0.4 is 4.90 Å². The normalized spacial score (nSPS) is 18.5. The molecule has 0 aliphatic carbocycles. The third kappa shape index (κ3) is 2.18. The minimum Gasteiger partial charge on any atom is -0.305 e. The Balaban J connectivity index is 1.74. The minimum absolute atomic E-state index is 0.145. The lowest BCUT2D eigenvalue weighted by atomic mass is 10.4. The fourth-order valence-corrected chi connectivity index (χ4v) is 5.19. The van der Waals surface area contributed by atoms with Gasteiger partial charge in [0.2, 0.25) is 0 Å². The highest BCUT2D eigenvalue weighted by Crippen LogP contribution is 2.50. The van der Waals surface area contributed by atoms with Crippen molar-refractivity contribution in [3.63, 3.8) is 0 Å². The van der Waals surface area contributed by atoms with Crippen LogP contribution in [0.3, 0.4) is 0 Å². The van der Waals surface area contributed by atoms with Crippen molar-refractivity contribution in [2.75, 3.05) is 4.90 Å². The third-order valence-electron chi connectivity index (χ3n) is 2.74. The number of anilines is 1. The standard InChI is InChI=1S/C12H8N4S4/c1-3-18-10(13-1)9-5-16(12-14-2-4-19-12)11(20-9)8-6-17-7-15-8/h1-7,11H. The van der Waals surface area contributed by atoms with Gasteiger partial charge in [-0.2, -0.15) is 0 Å². The molecule has 3 aromatic heterocycles. The number of aromatic nitrogens is 3. The van der Waals surface area contributed by atoms with E-state index in [1.54, 1.807) is 45.8 Å². The van der Waals surface area contributed by atoms with Crippen molar-refractivity contribution in [2.24, 2.45) is 0 Å². The van der Waals surface area contributed by atoms with Crippen molar-refractivity contribution in [1.82, 2.24) is 15.0 Å². The molecule has 0 aromatic carbocycles. The molecule has 0 bridgehead atoms. The van der Waals surface area contributed by atoms with Crippen LogP contribution in [0.5, 0.6) is 0 Å². The first-order chi connectivity index (χ1) is 9.92. The molecule has 0 spiro atoms. The average Bonchev–Trinajstić information content (AvgIpc) is 3.22. The van der Waals surface area contributed by atoms with Crippen LogP contribution in [0.15, 0.2) is 40.2 Å². The highest BCUT2D eigenvalue weighted by atomic mass is 32.2. The number of thioether (sulfide) groups is 1. The second kappa shape index (κ2) is 5.28. The number of rotatable bonds is 3. The average molecular weight is 336 g/mol. The summed E-state index contributed by atoms with van der Waals surface area (Å²) in [7, 11) is 0. The van der Waals surface area contributed by atoms with Gasteiger partial charge in [-0.1, -0.05) is 11.8 Å². The lowest BCUT2D eigenvalue weighted by Gasteiger charge is -2.19. The van der Waals surface area contributed by atoms with Gasteiger partial charge >= 0.3 is 0 Å². The molecule has 0 amide bonds. The van der Waals surface area contributed by atoms with Gasteiger partial charge < -0.3 is 4.90 Å². The lowest BCUT2D eigenvalue weighted by Crippen LogP contribution is -2.16. The van der Waals surface area contributed by atoms with Crippen LogP contribution in [0.2, 0.25) is 0 Å². The van der Waals surface area contributed by atoms with Gasteiger partial charge in [0.1, 0.15) is 10.4 Å². The second-order valence-electron chi connectivity index (χ2n) is 3.94. The van der Waals surface area contributed by atoms with Crippen molar-refractivity contribution < 1.29 is 0 Å². The summed E-state index contributed by atoms with van der Waals surface area (Å²) in [6, 6.07) is 0. The Morgan fingerprint density at radius 3 is 2.65 bits per heavy atom. The highest BCUT2D eigenvalue weighted by Gasteiger charge is 2.32. The maximum atomic E-state index is 4.46. The molecule has 8 heteroatoms. The number of thiazole rings is 3. The summed E-state index contributed by atoms with van der Waals surface area (Å²) in [5.74, 6) is 0. The Bertz CT molecular complexity index is 703. The van der Waals surface area contributed by atoms with Gasteiger partial charge in [0.25, 0.3) is 0 Å². The first-order valence-corrected chi connectivity index (χ1v) is 9.34. The van der Waals surface area contributed by atoms with Crippen LogP contribution in [0.1, 0.15) is 16.1 Å². The molecular formula is C12H8N4S4. The Kier molecular flexibility index (Phi) is 3.31. The Morgan fingerprint density at radius 2 is 1.95 bits per heavy atom. The van der Waals surface area contributed by atoms with Crippen molar-refractivity contribution in [2.45, 2.75) is 5.37 Å². The van der Waals surface area contributed by atoms with E-state index in [0.29, 0.717) is 0 Å². The van der Waals surface area contributed by atoms with Gasteiger partial charge in [0.15, 0.2) is 5.13 Å². The van der Waals surface area contributed by atoms with E-state index in [2.05, 4.69) is 31.4 Å². The van der Waals surface area contributed by atoms with Gasteiger partial charge in [0.05, 0.1) is 16.1 Å². The maximum absolute atomic E-state index is 4.46. The monoisotopic (exact) mass is 336 g/mol. The molecular weight excluding hydrogens is 328 g/mol. The first kappa shape index (κ1) is 12.5. The van der Waals surface area contributed by atoms with E-state index in [1.807, 2.05) is 28.7 Å². The molecule has 0 N–H and O–H groups in total. The van der Waals surface area contributed by atoms with Gasteiger partial charge in [-0.15, -0.1) is 34.0 Å². The molecule has 1 atom stereocenters. The second-order valence-corrected chi connectivity index (χ2v) is 7.54. The SMILES string of the molecule is C1=C(c2nccs2)SC(c2cscn2)N1c1nccs1. The molecule has 4 rings (SSSR count). The smallest absolute Gasteiger partial charge is 0.190 e. The summed E-state index contributed by atoms with van der Waals surface area (Å²) in [4.78, 5) is 16.6. The van der Waals surface area contributed by atoms with Crippen LogP contribution >= 0.6 is 45.8 Å². The zero-order chi connectivity index (χ0) is 13.4. The van der Waals surface area contributed by atoms with E-state index < -0.39 is 0 Å². The topological polar surface area (TPSA) is 41.9 Å². The molecule has 4 heterocycles. The number of hydrogen-bond donors (Lipinski definition) is 0. The summed E-state index contributed by atoms with van der Waals surface area (Å²) in [6.07, 6.45) is 5.80. The summed E-state index contributed by atoms with van der Waals surface area (Å²) in [6.45, 7) is 0. The van der Waals surface area contributed by atoms with Gasteiger partial charge in [-0.05, 0) is 0 Å². The first-order valence-electron chi connectivity index (χ1n) is 5.76. The molecule has 1 aliphatic rings. The van der Waals surface area contributed by atoms with Crippen LogP contribution in [0.4, 0.5) is 5.13 Å². The minimum atomic E-state index is 0.145. The van der Waals surface area contributed by atoms with Crippen molar-refractivity contribution in [3.8, 4) is 0 Å². The van der Waals surface area contributed by atoms with Crippen LogP contribution in [0, 0.1) is 0 Å². The predicted octanol–water partition coefficient (Wildman–Crippen LogP) is 4.31. The van der Waals surface area contributed by atoms with E-state index in [9.17, 15) is 0 Å². The van der Waals surface area contributed by atoms with E-state index in [0.717, 1.165) is 15.8 Å². The zero-order valence-corrected chi connectivity index (χ0v) is 13.3. The molecule has 0 saturated carbocycles. The zero-order valence-electron chi connectivity index (χ0n) is 10.0. The predicted molar refractivity (Wildman–Crippen MR) is 87.1 cm³/mol. The molecule has 3 aromatic rings. The van der Waals surface area contributed by atoms with Gasteiger partial charge in [-0.3, -0.25) is 0 Å². The molecule has 0 saturated heterocycles. The van der Waals surface area contributed by atoms with Crippen LogP contribution in [0.25, 0.3) is 4.91 Å². The van der Waals surface area contributed by atoms with Gasteiger partial charge in [-0.25, -0.2) is 15.0 Å². The highest BCUT2D eigenvalue weighted by molar-refractivity contribution is 8.09. The number of nitrogens with zero attached hydrogens (tertiary/aromatic N) is 4. The Hall–Kier alpha value is -1.22. The summed E-state index contributed by atoms with van der Waals surface area (Å²) < 4.78 is 0. The maximum Gasteiger partial charge on any atom is 0.190 e. The fourth-order valence-electron chi connectivity index (χ4n) is 1.90. The molecule has 0 radical (unpaired) electrons. The van der Waals surface area contributed by atoms with E-state index in [1.165, 1.54) is 4.91 Å². The molecule has 100 valence electrons. The molecule has 1 aliphatic heterocycles.